The average molecular weight is 275 g/mol. The first-order valence-corrected chi connectivity index (χ1v) is 7.95. The first-order chi connectivity index (χ1) is 9.61. The summed E-state index contributed by atoms with van der Waals surface area (Å²) in [6.45, 7) is 8.99. The van der Waals surface area contributed by atoms with Gasteiger partial charge in [-0.15, -0.1) is 0 Å². The molecule has 3 heteroatoms. The van der Waals surface area contributed by atoms with E-state index < -0.39 is 0 Å². The van der Waals surface area contributed by atoms with Crippen LogP contribution in [0.25, 0.3) is 0 Å². The minimum Gasteiger partial charge on any atom is -0.313 e. The largest absolute Gasteiger partial charge is 0.313 e. The lowest BCUT2D eigenvalue weighted by atomic mass is 9.76. The second kappa shape index (κ2) is 7.19. The molecule has 1 aromatic heterocycles. The normalized spacial score (nSPS) is 30.6. The highest BCUT2D eigenvalue weighted by atomic mass is 15.2. The van der Waals surface area contributed by atoms with Crippen molar-refractivity contribution in [3.05, 3.63) is 30.1 Å². The van der Waals surface area contributed by atoms with Crippen molar-refractivity contribution in [2.45, 2.75) is 52.2 Å². The van der Waals surface area contributed by atoms with Crippen LogP contribution >= 0.6 is 0 Å². The number of likely N-dealkylation sites (N-methyl/N-ethyl adjacent to an activating group) is 2. The molecule has 1 aromatic rings. The lowest BCUT2D eigenvalue weighted by Gasteiger charge is -2.44. The van der Waals surface area contributed by atoms with Crippen LogP contribution in [-0.2, 0) is 6.54 Å². The molecule has 1 aliphatic rings. The number of hydrogen-bond acceptors (Lipinski definition) is 3. The summed E-state index contributed by atoms with van der Waals surface area (Å²) in [6, 6.07) is 7.38. The molecule has 1 fully saturated rings. The molecule has 1 heterocycles. The number of hydrogen-bond donors (Lipinski definition) is 1. The van der Waals surface area contributed by atoms with Gasteiger partial charge in [-0.25, -0.2) is 0 Å². The Balaban J connectivity index is 2.06. The first kappa shape index (κ1) is 15.5. The Hall–Kier alpha value is -0.930. The van der Waals surface area contributed by atoms with E-state index in [0.29, 0.717) is 12.1 Å². The van der Waals surface area contributed by atoms with E-state index in [-0.39, 0.29) is 0 Å². The summed E-state index contributed by atoms with van der Waals surface area (Å²) < 4.78 is 0. The molecule has 1 N–H and O–H groups in total. The van der Waals surface area contributed by atoms with Crippen LogP contribution in [-0.4, -0.2) is 35.6 Å². The second-order valence-corrected chi connectivity index (χ2v) is 6.44. The maximum atomic E-state index is 4.46. The zero-order valence-electron chi connectivity index (χ0n) is 13.3. The van der Waals surface area contributed by atoms with Crippen molar-refractivity contribution in [3.8, 4) is 0 Å². The van der Waals surface area contributed by atoms with E-state index in [0.717, 1.165) is 30.6 Å². The quantitative estimate of drug-likeness (QED) is 0.895. The maximum absolute atomic E-state index is 4.46. The Morgan fingerprint density at radius 2 is 2.10 bits per heavy atom. The van der Waals surface area contributed by atoms with Crippen molar-refractivity contribution in [2.75, 3.05) is 13.6 Å². The van der Waals surface area contributed by atoms with Crippen LogP contribution in [0.4, 0.5) is 0 Å². The van der Waals surface area contributed by atoms with Crippen molar-refractivity contribution < 1.29 is 0 Å². The van der Waals surface area contributed by atoms with Gasteiger partial charge < -0.3 is 5.32 Å². The van der Waals surface area contributed by atoms with Crippen LogP contribution < -0.4 is 5.32 Å². The third kappa shape index (κ3) is 3.80. The van der Waals surface area contributed by atoms with Gasteiger partial charge in [0.15, 0.2) is 0 Å². The van der Waals surface area contributed by atoms with Gasteiger partial charge >= 0.3 is 0 Å². The van der Waals surface area contributed by atoms with E-state index in [1.54, 1.807) is 0 Å². The summed E-state index contributed by atoms with van der Waals surface area (Å²) >= 11 is 0. The van der Waals surface area contributed by atoms with Crippen molar-refractivity contribution in [3.63, 3.8) is 0 Å². The van der Waals surface area contributed by atoms with Gasteiger partial charge in [-0.1, -0.05) is 26.8 Å². The van der Waals surface area contributed by atoms with E-state index in [9.17, 15) is 0 Å². The summed E-state index contributed by atoms with van der Waals surface area (Å²) in [5.41, 5.74) is 1.16. The zero-order valence-corrected chi connectivity index (χ0v) is 13.3. The van der Waals surface area contributed by atoms with Gasteiger partial charge in [-0.05, 0) is 50.4 Å². The Morgan fingerprint density at radius 3 is 2.75 bits per heavy atom. The van der Waals surface area contributed by atoms with Crippen molar-refractivity contribution in [1.29, 1.82) is 0 Å². The van der Waals surface area contributed by atoms with E-state index in [1.165, 1.54) is 12.8 Å². The van der Waals surface area contributed by atoms with E-state index >= 15 is 0 Å². The van der Waals surface area contributed by atoms with E-state index in [2.05, 4.69) is 55.2 Å². The highest BCUT2D eigenvalue weighted by Crippen LogP contribution is 2.32. The minimum atomic E-state index is 0.604. The number of rotatable bonds is 5. The van der Waals surface area contributed by atoms with E-state index in [1.807, 2.05) is 12.3 Å². The van der Waals surface area contributed by atoms with Crippen LogP contribution in [0.5, 0.6) is 0 Å². The highest BCUT2D eigenvalue weighted by Gasteiger charge is 2.35. The Morgan fingerprint density at radius 1 is 1.30 bits per heavy atom. The van der Waals surface area contributed by atoms with Gasteiger partial charge in [-0.3, -0.25) is 9.88 Å². The Bertz CT molecular complexity index is 392. The molecular formula is C17H29N3. The lowest BCUT2D eigenvalue weighted by Crippen LogP contribution is -2.55. The van der Waals surface area contributed by atoms with Crippen LogP contribution in [0.3, 0.4) is 0 Å². The van der Waals surface area contributed by atoms with Gasteiger partial charge in [-0.2, -0.15) is 0 Å². The molecule has 0 radical (unpaired) electrons. The molecule has 1 aliphatic carbocycles. The number of nitrogens with one attached hydrogen (secondary N) is 1. The van der Waals surface area contributed by atoms with Crippen LogP contribution in [0, 0.1) is 11.8 Å². The molecule has 0 bridgehead atoms. The Labute approximate surface area is 123 Å². The van der Waals surface area contributed by atoms with Gasteiger partial charge in [0.1, 0.15) is 0 Å². The predicted molar refractivity (Wildman–Crippen MR) is 84.5 cm³/mol. The van der Waals surface area contributed by atoms with Crippen LogP contribution in [0.2, 0.25) is 0 Å². The molecule has 4 atom stereocenters. The third-order valence-electron chi connectivity index (χ3n) is 4.54. The van der Waals surface area contributed by atoms with Crippen molar-refractivity contribution in [1.82, 2.24) is 15.2 Å². The van der Waals surface area contributed by atoms with Gasteiger partial charge in [0, 0.05) is 24.8 Å². The average Bonchev–Trinajstić information content (AvgIpc) is 2.39. The smallest absolute Gasteiger partial charge is 0.0543 e. The molecule has 0 spiro atoms. The lowest BCUT2D eigenvalue weighted by molar-refractivity contribution is 0.0753. The fourth-order valence-electron chi connectivity index (χ4n) is 3.90. The molecule has 20 heavy (non-hydrogen) atoms. The molecule has 2 rings (SSSR count). The van der Waals surface area contributed by atoms with Gasteiger partial charge in [0.25, 0.3) is 0 Å². The topological polar surface area (TPSA) is 28.2 Å². The second-order valence-electron chi connectivity index (χ2n) is 6.44. The standard InChI is InChI=1S/C17H29N3/c1-5-18-16-11-13(2)10-14(3)17(16)20(4)12-15-8-6-7-9-19-15/h6-9,13-14,16-18H,5,10-12H2,1-4H3. The molecule has 4 unspecified atom stereocenters. The molecule has 0 amide bonds. The molecule has 0 saturated heterocycles. The highest BCUT2D eigenvalue weighted by molar-refractivity contribution is 5.04. The summed E-state index contributed by atoms with van der Waals surface area (Å²) in [5, 5.41) is 3.70. The predicted octanol–water partition coefficient (Wildman–Crippen LogP) is 2.93. The van der Waals surface area contributed by atoms with Gasteiger partial charge in [0.05, 0.1) is 5.69 Å². The third-order valence-corrected chi connectivity index (χ3v) is 4.54. The van der Waals surface area contributed by atoms with Crippen LogP contribution in [0.15, 0.2) is 24.4 Å². The van der Waals surface area contributed by atoms with Crippen molar-refractivity contribution in [2.24, 2.45) is 11.8 Å². The summed E-state index contributed by atoms with van der Waals surface area (Å²) in [5.74, 6) is 1.56. The minimum absolute atomic E-state index is 0.604. The molecular weight excluding hydrogens is 246 g/mol. The summed E-state index contributed by atoms with van der Waals surface area (Å²) in [7, 11) is 2.25. The Kier molecular flexibility index (Phi) is 5.55. The SMILES string of the molecule is CCNC1CC(C)CC(C)C1N(C)Cc1ccccn1. The maximum Gasteiger partial charge on any atom is 0.0543 e. The summed E-state index contributed by atoms with van der Waals surface area (Å²) in [4.78, 5) is 6.95. The number of nitrogens with zero attached hydrogens (tertiary/aromatic N) is 2. The number of pyridine rings is 1. The monoisotopic (exact) mass is 275 g/mol. The summed E-state index contributed by atoms with van der Waals surface area (Å²) in [6.07, 6.45) is 4.51. The number of aromatic nitrogens is 1. The molecule has 0 aromatic carbocycles. The van der Waals surface area contributed by atoms with E-state index in [4.69, 9.17) is 0 Å². The molecule has 112 valence electrons. The zero-order chi connectivity index (χ0) is 14.5. The fourth-order valence-corrected chi connectivity index (χ4v) is 3.90. The fraction of sp³-hybridized carbons (Fsp3) is 0.706. The first-order valence-electron chi connectivity index (χ1n) is 7.95. The van der Waals surface area contributed by atoms with Crippen molar-refractivity contribution >= 4 is 0 Å². The molecule has 0 aliphatic heterocycles. The van der Waals surface area contributed by atoms with Crippen LogP contribution in [0.1, 0.15) is 39.3 Å². The van der Waals surface area contributed by atoms with Gasteiger partial charge in [0.2, 0.25) is 0 Å². The molecule has 3 nitrogen and oxygen atoms in total. The molecule has 1 saturated carbocycles.